The number of nitrogens with zero attached hydrogens (tertiary/aromatic N) is 4. The lowest BCUT2D eigenvalue weighted by molar-refractivity contribution is 0.186. The average Bonchev–Trinajstić information content (AvgIpc) is 3.41. The molecule has 1 atom stereocenters. The molecule has 2 fully saturated rings. The lowest BCUT2D eigenvalue weighted by atomic mass is 10.00. The summed E-state index contributed by atoms with van der Waals surface area (Å²) >= 11 is 6.13. The summed E-state index contributed by atoms with van der Waals surface area (Å²) in [6, 6.07) is 3.91. The van der Waals surface area contributed by atoms with Gasteiger partial charge in [-0.05, 0) is 50.8 Å². The minimum Gasteiger partial charge on any atom is -0.380 e. The van der Waals surface area contributed by atoms with Crippen molar-refractivity contribution in [2.75, 3.05) is 31.2 Å². The second-order valence-electron chi connectivity index (χ2n) is 8.35. The Labute approximate surface area is 184 Å². The van der Waals surface area contributed by atoms with Crippen LogP contribution in [0.1, 0.15) is 30.7 Å². The number of rotatable bonds is 4. The van der Waals surface area contributed by atoms with Crippen LogP contribution in [0.25, 0.3) is 22.4 Å². The van der Waals surface area contributed by atoms with Gasteiger partial charge in [0.1, 0.15) is 11.3 Å². The molecule has 0 aliphatic carbocycles. The summed E-state index contributed by atoms with van der Waals surface area (Å²) in [5.74, 6) is 1.18. The Kier molecular flexibility index (Phi) is 5.54. The molecule has 2 aliphatic heterocycles. The third-order valence-electron chi connectivity index (χ3n) is 6.19. The van der Waals surface area contributed by atoms with Crippen molar-refractivity contribution in [1.29, 1.82) is 0 Å². The fourth-order valence-corrected chi connectivity index (χ4v) is 4.78. The summed E-state index contributed by atoms with van der Waals surface area (Å²) in [5.41, 5.74) is 1.87. The highest BCUT2D eigenvalue weighted by Gasteiger charge is 2.29. The van der Waals surface area contributed by atoms with Gasteiger partial charge in [-0.15, -0.1) is 0 Å². The molecule has 1 N–H and O–H groups in total. The van der Waals surface area contributed by atoms with E-state index in [1.807, 2.05) is 6.92 Å². The summed E-state index contributed by atoms with van der Waals surface area (Å²) in [5, 5.41) is 8.64. The highest BCUT2D eigenvalue weighted by molar-refractivity contribution is 6.31. The van der Waals surface area contributed by atoms with Gasteiger partial charge in [0.25, 0.3) is 5.89 Å². The third kappa shape index (κ3) is 4.00. The van der Waals surface area contributed by atoms with Crippen LogP contribution in [-0.2, 0) is 4.74 Å². The fourth-order valence-electron chi connectivity index (χ4n) is 4.57. The standard InChI is InChI=1S/C22H25ClFN5O2/c1-12-17-9-14(23)10-18(24)20(17)27-21(19(12)22-25-13(2)28-31-22)29-6-3-15(4-7-29)26-16-5-8-30-11-16/h9-10,15-16,26H,3-8,11H2,1-2H3/t16-/m0/s1. The molecule has 2 saturated heterocycles. The second-order valence-corrected chi connectivity index (χ2v) is 8.79. The quantitative estimate of drug-likeness (QED) is 0.649. The van der Waals surface area contributed by atoms with Crippen molar-refractivity contribution in [2.45, 2.75) is 45.2 Å². The summed E-state index contributed by atoms with van der Waals surface area (Å²) in [4.78, 5) is 11.4. The van der Waals surface area contributed by atoms with Crippen LogP contribution in [0, 0.1) is 19.7 Å². The van der Waals surface area contributed by atoms with E-state index < -0.39 is 5.82 Å². The normalized spacial score (nSPS) is 20.1. The summed E-state index contributed by atoms with van der Waals surface area (Å²) in [7, 11) is 0. The Balaban J connectivity index is 1.51. The van der Waals surface area contributed by atoms with Gasteiger partial charge in [0.05, 0.1) is 12.2 Å². The van der Waals surface area contributed by atoms with E-state index in [1.165, 1.54) is 6.07 Å². The predicted molar refractivity (Wildman–Crippen MR) is 117 cm³/mol. The molecule has 164 valence electrons. The van der Waals surface area contributed by atoms with Gasteiger partial charge in [-0.2, -0.15) is 4.98 Å². The molecule has 31 heavy (non-hydrogen) atoms. The maximum absolute atomic E-state index is 14.8. The molecular weight excluding hydrogens is 421 g/mol. The topological polar surface area (TPSA) is 76.3 Å². The molecule has 2 aromatic heterocycles. The fraction of sp³-hybridized carbons (Fsp3) is 0.500. The van der Waals surface area contributed by atoms with Gasteiger partial charge in [0, 0.05) is 42.2 Å². The Hall–Kier alpha value is -2.29. The van der Waals surface area contributed by atoms with Crippen LogP contribution in [0.15, 0.2) is 16.7 Å². The van der Waals surface area contributed by atoms with Crippen molar-refractivity contribution in [3.63, 3.8) is 0 Å². The highest BCUT2D eigenvalue weighted by atomic mass is 35.5. The highest BCUT2D eigenvalue weighted by Crippen LogP contribution is 2.38. The number of anilines is 1. The Bertz CT molecular complexity index is 1110. The smallest absolute Gasteiger partial charge is 0.261 e. The van der Waals surface area contributed by atoms with E-state index in [2.05, 4.69) is 20.4 Å². The van der Waals surface area contributed by atoms with E-state index in [0.29, 0.717) is 45.5 Å². The van der Waals surface area contributed by atoms with Gasteiger partial charge >= 0.3 is 0 Å². The summed E-state index contributed by atoms with van der Waals surface area (Å²) in [6.45, 7) is 6.92. The Morgan fingerprint density at radius 3 is 2.61 bits per heavy atom. The number of aryl methyl sites for hydroxylation is 2. The number of benzene rings is 1. The molecular formula is C22H25ClFN5O2. The van der Waals surface area contributed by atoms with E-state index in [1.54, 1.807) is 13.0 Å². The maximum Gasteiger partial charge on any atom is 0.261 e. The lowest BCUT2D eigenvalue weighted by Crippen LogP contribution is -2.46. The minimum atomic E-state index is -0.433. The molecule has 0 saturated carbocycles. The first kappa shape index (κ1) is 20.6. The van der Waals surface area contributed by atoms with Crippen molar-refractivity contribution in [3.05, 3.63) is 34.4 Å². The maximum atomic E-state index is 14.8. The Morgan fingerprint density at radius 1 is 1.13 bits per heavy atom. The van der Waals surface area contributed by atoms with Crippen LogP contribution in [0.2, 0.25) is 5.02 Å². The van der Waals surface area contributed by atoms with Crippen LogP contribution >= 0.6 is 11.6 Å². The zero-order valence-electron chi connectivity index (χ0n) is 17.6. The molecule has 9 heteroatoms. The first-order chi connectivity index (χ1) is 15.0. The number of aromatic nitrogens is 3. The van der Waals surface area contributed by atoms with Gasteiger partial charge in [0.2, 0.25) is 0 Å². The summed E-state index contributed by atoms with van der Waals surface area (Å²) in [6.07, 6.45) is 3.01. The first-order valence-electron chi connectivity index (χ1n) is 10.7. The number of hydrogen-bond acceptors (Lipinski definition) is 7. The number of nitrogens with one attached hydrogen (secondary N) is 1. The molecule has 0 radical (unpaired) electrons. The molecule has 1 aromatic carbocycles. The number of hydrogen-bond donors (Lipinski definition) is 1. The van der Waals surface area contributed by atoms with Crippen molar-refractivity contribution in [2.24, 2.45) is 0 Å². The van der Waals surface area contributed by atoms with E-state index in [4.69, 9.17) is 25.8 Å². The van der Waals surface area contributed by atoms with Crippen LogP contribution in [0.5, 0.6) is 0 Å². The molecule has 3 aromatic rings. The number of piperidine rings is 1. The van der Waals surface area contributed by atoms with E-state index in [-0.39, 0.29) is 0 Å². The monoisotopic (exact) mass is 445 g/mol. The molecule has 0 bridgehead atoms. The van der Waals surface area contributed by atoms with Gasteiger partial charge in [-0.1, -0.05) is 16.8 Å². The van der Waals surface area contributed by atoms with Gasteiger partial charge < -0.3 is 19.5 Å². The van der Waals surface area contributed by atoms with E-state index in [9.17, 15) is 4.39 Å². The summed E-state index contributed by atoms with van der Waals surface area (Å²) < 4.78 is 25.7. The minimum absolute atomic E-state index is 0.306. The van der Waals surface area contributed by atoms with Gasteiger partial charge in [0.15, 0.2) is 11.6 Å². The van der Waals surface area contributed by atoms with E-state index in [0.717, 1.165) is 56.7 Å². The molecule has 2 aliphatic rings. The zero-order chi connectivity index (χ0) is 21.5. The number of pyridine rings is 1. The first-order valence-corrected chi connectivity index (χ1v) is 11.1. The number of halogens is 2. The van der Waals surface area contributed by atoms with Gasteiger partial charge in [-0.3, -0.25) is 0 Å². The van der Waals surface area contributed by atoms with Crippen LogP contribution in [0.4, 0.5) is 10.2 Å². The largest absolute Gasteiger partial charge is 0.380 e. The van der Waals surface area contributed by atoms with Crippen molar-refractivity contribution >= 4 is 28.3 Å². The third-order valence-corrected chi connectivity index (χ3v) is 6.40. The van der Waals surface area contributed by atoms with Gasteiger partial charge in [-0.25, -0.2) is 9.37 Å². The molecule has 0 spiro atoms. The van der Waals surface area contributed by atoms with Crippen molar-refractivity contribution in [1.82, 2.24) is 20.4 Å². The SMILES string of the molecule is Cc1noc(-c2c(N3CCC(N[C@H]4CCOC4)CC3)nc3c(F)cc(Cl)cc3c2C)n1. The van der Waals surface area contributed by atoms with E-state index >= 15 is 0 Å². The number of fused-ring (bicyclic) bond motifs is 1. The van der Waals surface area contributed by atoms with Crippen LogP contribution < -0.4 is 10.2 Å². The molecule has 5 rings (SSSR count). The lowest BCUT2D eigenvalue weighted by Gasteiger charge is -2.35. The number of ether oxygens (including phenoxy) is 1. The van der Waals surface area contributed by atoms with Crippen molar-refractivity contribution in [3.8, 4) is 11.5 Å². The Morgan fingerprint density at radius 2 is 1.94 bits per heavy atom. The molecule has 0 amide bonds. The molecule has 4 heterocycles. The molecule has 7 nitrogen and oxygen atoms in total. The molecule has 0 unspecified atom stereocenters. The van der Waals surface area contributed by atoms with Crippen LogP contribution in [0.3, 0.4) is 0 Å². The average molecular weight is 446 g/mol. The predicted octanol–water partition coefficient (Wildman–Crippen LogP) is 4.04. The zero-order valence-corrected chi connectivity index (χ0v) is 18.4. The van der Waals surface area contributed by atoms with Crippen molar-refractivity contribution < 1.29 is 13.7 Å². The second kappa shape index (κ2) is 8.33. The van der Waals surface area contributed by atoms with Crippen LogP contribution in [-0.4, -0.2) is 53.5 Å².